The molecule has 1 atom stereocenters. The Hall–Kier alpha value is -1.76. The van der Waals surface area contributed by atoms with Gasteiger partial charge in [-0.2, -0.15) is 0 Å². The van der Waals surface area contributed by atoms with Crippen molar-refractivity contribution in [3.05, 3.63) is 20.8 Å². The second-order valence-electron chi connectivity index (χ2n) is 5.81. The minimum atomic E-state index is -0.546. The molecule has 7 nitrogen and oxygen atoms in total. The smallest absolute Gasteiger partial charge is 0.330 e. The lowest BCUT2D eigenvalue weighted by molar-refractivity contribution is 0.164. The zero-order valence-electron chi connectivity index (χ0n) is 11.8. The molecule has 2 rings (SSSR count). The lowest BCUT2D eigenvalue weighted by Crippen LogP contribution is -2.36. The summed E-state index contributed by atoms with van der Waals surface area (Å²) in [5.74, 6) is 0.658. The van der Waals surface area contributed by atoms with Crippen molar-refractivity contribution < 1.29 is 5.11 Å². The van der Waals surface area contributed by atoms with Crippen LogP contribution in [0.5, 0.6) is 0 Å². The molecule has 0 radical (unpaired) electrons. The van der Waals surface area contributed by atoms with Crippen molar-refractivity contribution in [1.82, 2.24) is 9.55 Å². The van der Waals surface area contributed by atoms with Gasteiger partial charge >= 0.3 is 5.69 Å². The number of aromatic nitrogens is 2. The maximum absolute atomic E-state index is 11.8. The molecule has 1 fully saturated rings. The highest BCUT2D eigenvalue weighted by Gasteiger charge is 2.29. The number of hydrogen-bond acceptors (Lipinski definition) is 5. The lowest BCUT2D eigenvalue weighted by Gasteiger charge is -2.16. The molecule has 1 saturated carbocycles. The first-order valence-electron chi connectivity index (χ1n) is 6.94. The largest absolute Gasteiger partial charge is 0.391 e. The van der Waals surface area contributed by atoms with E-state index in [1.807, 2.05) is 13.8 Å². The quantitative estimate of drug-likeness (QED) is 0.584. The highest BCUT2D eigenvalue weighted by Crippen LogP contribution is 2.32. The number of nitrogens with zero attached hydrogens (tertiary/aromatic N) is 1. The summed E-state index contributed by atoms with van der Waals surface area (Å²) in [7, 11) is 0. The third kappa shape index (κ3) is 3.22. The van der Waals surface area contributed by atoms with E-state index in [1.165, 1.54) is 4.57 Å². The molecule has 1 aromatic heterocycles. The van der Waals surface area contributed by atoms with Crippen molar-refractivity contribution in [3.63, 3.8) is 0 Å². The van der Waals surface area contributed by atoms with Crippen molar-refractivity contribution >= 4 is 11.5 Å². The molecule has 0 aromatic carbocycles. The van der Waals surface area contributed by atoms with Gasteiger partial charge in [0.25, 0.3) is 5.56 Å². The van der Waals surface area contributed by atoms with Crippen LogP contribution in [0.1, 0.15) is 26.7 Å². The highest BCUT2D eigenvalue weighted by molar-refractivity contribution is 5.60. The molecule has 5 N–H and O–H groups in total. The van der Waals surface area contributed by atoms with E-state index in [0.29, 0.717) is 12.5 Å². The third-order valence-corrected chi connectivity index (χ3v) is 3.44. The Labute approximate surface area is 116 Å². The van der Waals surface area contributed by atoms with E-state index in [1.54, 1.807) is 0 Å². The molecule has 1 aromatic rings. The minimum absolute atomic E-state index is 0.121. The zero-order chi connectivity index (χ0) is 14.9. The molecular formula is C13H22N4O3. The fourth-order valence-corrected chi connectivity index (χ4v) is 2.16. The number of hydrogen-bond donors (Lipinski definition) is 4. The Bertz CT molecular complexity index is 586. The monoisotopic (exact) mass is 282 g/mol. The number of nitrogens with one attached hydrogen (secondary N) is 2. The molecule has 112 valence electrons. The Morgan fingerprint density at radius 2 is 2.10 bits per heavy atom. The number of rotatable bonds is 6. The molecule has 20 heavy (non-hydrogen) atoms. The first kappa shape index (κ1) is 14.6. The Balaban J connectivity index is 2.22. The van der Waals surface area contributed by atoms with Crippen LogP contribution in [0.4, 0.5) is 11.5 Å². The van der Waals surface area contributed by atoms with Crippen LogP contribution in [0.2, 0.25) is 0 Å². The molecule has 1 heterocycles. The Morgan fingerprint density at radius 1 is 1.45 bits per heavy atom. The number of aromatic amines is 1. The van der Waals surface area contributed by atoms with Crippen LogP contribution in [-0.4, -0.2) is 27.3 Å². The first-order chi connectivity index (χ1) is 9.40. The number of aliphatic hydroxyl groups excluding tert-OH is 1. The standard InChI is InChI=1S/C13H22N4O3/c1-7(2)6-17-11(14)10(12(19)16-13(17)20)15-5-9(18)8-3-4-8/h7-9,15,18H,3-6,14H2,1-2H3,(H,16,19,20). The van der Waals surface area contributed by atoms with E-state index < -0.39 is 17.4 Å². The van der Waals surface area contributed by atoms with Gasteiger partial charge in [-0.25, -0.2) is 4.79 Å². The summed E-state index contributed by atoms with van der Waals surface area (Å²) in [6.07, 6.45) is 1.54. The highest BCUT2D eigenvalue weighted by atomic mass is 16.3. The van der Waals surface area contributed by atoms with Crippen LogP contribution in [0.3, 0.4) is 0 Å². The average Bonchev–Trinajstić information content (AvgIpc) is 3.17. The molecule has 0 amide bonds. The van der Waals surface area contributed by atoms with Crippen LogP contribution >= 0.6 is 0 Å². The normalized spacial score (nSPS) is 16.4. The molecule has 0 bridgehead atoms. The van der Waals surface area contributed by atoms with Crippen LogP contribution in [0.25, 0.3) is 0 Å². The van der Waals surface area contributed by atoms with E-state index in [4.69, 9.17) is 5.73 Å². The molecule has 0 aliphatic heterocycles. The number of aliphatic hydroxyl groups is 1. The lowest BCUT2D eigenvalue weighted by atomic mass is 10.2. The van der Waals surface area contributed by atoms with Crippen LogP contribution < -0.4 is 22.3 Å². The first-order valence-corrected chi connectivity index (χ1v) is 6.94. The van der Waals surface area contributed by atoms with Crippen LogP contribution in [0.15, 0.2) is 9.59 Å². The number of nitrogens with two attached hydrogens (primary N) is 1. The van der Waals surface area contributed by atoms with Gasteiger partial charge in [-0.3, -0.25) is 14.3 Å². The summed E-state index contributed by atoms with van der Waals surface area (Å²) in [6.45, 7) is 4.61. The van der Waals surface area contributed by atoms with Crippen molar-refractivity contribution in [3.8, 4) is 0 Å². The Morgan fingerprint density at radius 3 is 2.65 bits per heavy atom. The fourth-order valence-electron chi connectivity index (χ4n) is 2.16. The van der Waals surface area contributed by atoms with E-state index >= 15 is 0 Å². The SMILES string of the molecule is CC(C)Cn1c(N)c(NCC(O)C2CC2)c(=O)[nH]c1=O. The van der Waals surface area contributed by atoms with E-state index in [0.717, 1.165) is 12.8 Å². The van der Waals surface area contributed by atoms with E-state index in [-0.39, 0.29) is 24.0 Å². The van der Waals surface area contributed by atoms with Crippen molar-refractivity contribution in [2.45, 2.75) is 39.3 Å². The number of H-pyrrole nitrogens is 1. The third-order valence-electron chi connectivity index (χ3n) is 3.44. The summed E-state index contributed by atoms with van der Waals surface area (Å²) in [5.41, 5.74) is 5.02. The molecule has 0 spiro atoms. The second-order valence-corrected chi connectivity index (χ2v) is 5.81. The summed E-state index contributed by atoms with van der Waals surface area (Å²) < 4.78 is 1.35. The van der Waals surface area contributed by atoms with Crippen molar-refractivity contribution in [2.24, 2.45) is 11.8 Å². The summed E-state index contributed by atoms with van der Waals surface area (Å²) in [5, 5.41) is 12.7. The van der Waals surface area contributed by atoms with E-state index in [9.17, 15) is 14.7 Å². The van der Waals surface area contributed by atoms with Gasteiger partial charge in [0.15, 0.2) is 0 Å². The van der Waals surface area contributed by atoms with Gasteiger partial charge in [-0.1, -0.05) is 13.8 Å². The maximum atomic E-state index is 11.8. The predicted molar refractivity (Wildman–Crippen MR) is 77.8 cm³/mol. The van der Waals surface area contributed by atoms with Gasteiger partial charge in [0.05, 0.1) is 6.10 Å². The minimum Gasteiger partial charge on any atom is -0.391 e. The van der Waals surface area contributed by atoms with Crippen molar-refractivity contribution in [2.75, 3.05) is 17.6 Å². The Kier molecular flexibility index (Phi) is 4.17. The van der Waals surface area contributed by atoms with Gasteiger partial charge in [0, 0.05) is 13.1 Å². The molecular weight excluding hydrogens is 260 g/mol. The molecule has 1 aliphatic rings. The van der Waals surface area contributed by atoms with Gasteiger partial charge in [-0.05, 0) is 24.7 Å². The molecule has 1 aliphatic carbocycles. The van der Waals surface area contributed by atoms with Gasteiger partial charge < -0.3 is 16.2 Å². The van der Waals surface area contributed by atoms with Gasteiger partial charge in [0.2, 0.25) is 0 Å². The fraction of sp³-hybridized carbons (Fsp3) is 0.692. The maximum Gasteiger partial charge on any atom is 0.330 e. The summed E-state index contributed by atoms with van der Waals surface area (Å²) >= 11 is 0. The predicted octanol–water partition coefficient (Wildman–Crippen LogP) is -0.0424. The van der Waals surface area contributed by atoms with Crippen LogP contribution in [0, 0.1) is 11.8 Å². The number of anilines is 2. The van der Waals surface area contributed by atoms with Crippen molar-refractivity contribution in [1.29, 1.82) is 0 Å². The summed E-state index contributed by atoms with van der Waals surface area (Å²) in [4.78, 5) is 25.8. The topological polar surface area (TPSA) is 113 Å². The zero-order valence-corrected chi connectivity index (χ0v) is 11.8. The summed E-state index contributed by atoms with van der Waals surface area (Å²) in [6, 6.07) is 0. The van der Waals surface area contributed by atoms with Gasteiger partial charge in [-0.15, -0.1) is 0 Å². The van der Waals surface area contributed by atoms with Gasteiger partial charge in [0.1, 0.15) is 11.5 Å². The van der Waals surface area contributed by atoms with Crippen LogP contribution in [-0.2, 0) is 6.54 Å². The average molecular weight is 282 g/mol. The van der Waals surface area contributed by atoms with E-state index in [2.05, 4.69) is 10.3 Å². The molecule has 7 heteroatoms. The molecule has 0 saturated heterocycles. The molecule has 1 unspecified atom stereocenters. The number of nitrogen functional groups attached to an aromatic ring is 1. The second kappa shape index (κ2) is 5.70.